The molecule has 1 saturated heterocycles. The van der Waals surface area contributed by atoms with Crippen LogP contribution in [0.2, 0.25) is 5.02 Å². The minimum atomic E-state index is -3.51. The zero-order chi connectivity index (χ0) is 23.5. The molecule has 3 rings (SSSR count). The Morgan fingerprint density at radius 2 is 1.78 bits per heavy atom. The third-order valence-electron chi connectivity index (χ3n) is 5.75. The molecule has 8 heteroatoms. The average Bonchev–Trinajstić information content (AvgIpc) is 2.75. The normalized spacial score (nSPS) is 15.7. The topological polar surface area (TPSA) is 75.7 Å². The summed E-state index contributed by atoms with van der Waals surface area (Å²) in [6, 6.07) is 10.5. The van der Waals surface area contributed by atoms with Crippen LogP contribution >= 0.6 is 11.6 Å². The fourth-order valence-corrected chi connectivity index (χ4v) is 5.40. The van der Waals surface area contributed by atoms with E-state index in [1.54, 1.807) is 24.3 Å². The molecule has 32 heavy (non-hydrogen) atoms. The van der Waals surface area contributed by atoms with Crippen molar-refractivity contribution in [1.82, 2.24) is 9.62 Å². The Bertz CT molecular complexity index is 1060. The lowest BCUT2D eigenvalue weighted by Gasteiger charge is -2.31. The minimum absolute atomic E-state index is 0.0768. The van der Waals surface area contributed by atoms with Crippen molar-refractivity contribution < 1.29 is 17.9 Å². The summed E-state index contributed by atoms with van der Waals surface area (Å²) in [6.07, 6.45) is 1.13. The molecular weight excluding hydrogens is 448 g/mol. The van der Waals surface area contributed by atoms with Crippen LogP contribution < -0.4 is 10.1 Å². The molecular formula is C24H31ClN2O4S. The summed E-state index contributed by atoms with van der Waals surface area (Å²) in [5.74, 6) is 0.661. The van der Waals surface area contributed by atoms with E-state index in [1.807, 2.05) is 39.8 Å². The summed E-state index contributed by atoms with van der Waals surface area (Å²) in [5, 5.41) is 3.65. The molecule has 174 valence electrons. The molecule has 0 radical (unpaired) electrons. The van der Waals surface area contributed by atoms with Gasteiger partial charge in [0, 0.05) is 24.2 Å². The van der Waals surface area contributed by atoms with E-state index in [1.165, 1.54) is 4.31 Å². The van der Waals surface area contributed by atoms with Gasteiger partial charge < -0.3 is 10.1 Å². The van der Waals surface area contributed by atoms with Crippen molar-refractivity contribution in [2.75, 3.05) is 19.7 Å². The Hall–Kier alpha value is -2.09. The molecule has 0 spiro atoms. The van der Waals surface area contributed by atoms with Gasteiger partial charge in [-0.15, -0.1) is 0 Å². The SMILES string of the molecule is Cc1ccc(S(=O)(=O)N2CCC(NC(=O)COc3cc(C)c(Cl)cc3C(C)C)CC2)cc1. The van der Waals surface area contributed by atoms with E-state index < -0.39 is 10.0 Å². The highest BCUT2D eigenvalue weighted by Crippen LogP contribution is 2.32. The van der Waals surface area contributed by atoms with Crippen molar-refractivity contribution in [3.63, 3.8) is 0 Å². The number of benzene rings is 2. The molecule has 0 unspecified atom stereocenters. The zero-order valence-electron chi connectivity index (χ0n) is 19.0. The van der Waals surface area contributed by atoms with Crippen LogP contribution in [0.1, 0.15) is 49.3 Å². The van der Waals surface area contributed by atoms with Crippen molar-refractivity contribution in [3.8, 4) is 5.75 Å². The molecule has 0 saturated carbocycles. The lowest BCUT2D eigenvalue weighted by atomic mass is 10.0. The average molecular weight is 479 g/mol. The van der Waals surface area contributed by atoms with Crippen molar-refractivity contribution in [3.05, 3.63) is 58.1 Å². The molecule has 1 aliphatic rings. The number of sulfonamides is 1. The third kappa shape index (κ3) is 5.82. The molecule has 0 atom stereocenters. The number of piperidine rings is 1. The first-order valence-corrected chi connectivity index (χ1v) is 12.7. The van der Waals surface area contributed by atoms with E-state index in [4.69, 9.17) is 16.3 Å². The predicted molar refractivity (Wildman–Crippen MR) is 127 cm³/mol. The Morgan fingerprint density at radius 1 is 1.16 bits per heavy atom. The molecule has 0 aromatic heterocycles. The van der Waals surface area contributed by atoms with Crippen LogP contribution in [-0.4, -0.2) is 44.4 Å². The van der Waals surface area contributed by atoms with Gasteiger partial charge >= 0.3 is 0 Å². The summed E-state index contributed by atoms with van der Waals surface area (Å²) in [4.78, 5) is 12.8. The second-order valence-corrected chi connectivity index (χ2v) is 11.0. The number of hydrogen-bond donors (Lipinski definition) is 1. The minimum Gasteiger partial charge on any atom is -0.483 e. The summed E-state index contributed by atoms with van der Waals surface area (Å²) < 4.78 is 33.0. The fraction of sp³-hybridized carbons (Fsp3) is 0.458. The highest BCUT2D eigenvalue weighted by Gasteiger charge is 2.30. The first-order valence-electron chi connectivity index (χ1n) is 10.9. The van der Waals surface area contributed by atoms with Crippen LogP contribution in [0.25, 0.3) is 0 Å². The zero-order valence-corrected chi connectivity index (χ0v) is 20.6. The molecule has 1 amide bonds. The van der Waals surface area contributed by atoms with Gasteiger partial charge in [-0.2, -0.15) is 4.31 Å². The number of carbonyl (C=O) groups is 1. The summed E-state index contributed by atoms with van der Waals surface area (Å²) >= 11 is 6.23. The molecule has 2 aromatic carbocycles. The van der Waals surface area contributed by atoms with Gasteiger partial charge in [0.05, 0.1) is 4.90 Å². The van der Waals surface area contributed by atoms with E-state index in [-0.39, 0.29) is 24.5 Å². The first kappa shape index (κ1) is 24.6. The summed E-state index contributed by atoms with van der Waals surface area (Å²) in [5.41, 5.74) is 2.87. The summed E-state index contributed by atoms with van der Waals surface area (Å²) in [7, 11) is -3.51. The molecule has 6 nitrogen and oxygen atoms in total. The maximum atomic E-state index is 12.8. The van der Waals surface area contributed by atoms with Crippen LogP contribution in [0, 0.1) is 13.8 Å². The van der Waals surface area contributed by atoms with Crippen LogP contribution in [0.4, 0.5) is 0 Å². The molecule has 0 bridgehead atoms. The van der Waals surface area contributed by atoms with E-state index in [0.29, 0.717) is 41.6 Å². The number of rotatable bonds is 7. The second kappa shape index (κ2) is 10.2. The van der Waals surface area contributed by atoms with Crippen LogP contribution in [0.3, 0.4) is 0 Å². The maximum Gasteiger partial charge on any atom is 0.258 e. The van der Waals surface area contributed by atoms with Gasteiger partial charge in [-0.3, -0.25) is 4.79 Å². The fourth-order valence-electron chi connectivity index (χ4n) is 3.76. The maximum absolute atomic E-state index is 12.8. The number of hydrogen-bond acceptors (Lipinski definition) is 4. The first-order chi connectivity index (χ1) is 15.1. The van der Waals surface area contributed by atoms with Crippen molar-refractivity contribution >= 4 is 27.5 Å². The second-order valence-electron chi connectivity index (χ2n) is 8.64. The Kier molecular flexibility index (Phi) is 7.85. The number of amides is 1. The number of carbonyl (C=O) groups excluding carboxylic acids is 1. The molecule has 2 aromatic rings. The van der Waals surface area contributed by atoms with Gasteiger partial charge in [-0.25, -0.2) is 8.42 Å². The van der Waals surface area contributed by atoms with Crippen LogP contribution in [0.5, 0.6) is 5.75 Å². The Labute approximate surface area is 196 Å². The molecule has 1 N–H and O–H groups in total. The van der Waals surface area contributed by atoms with Crippen molar-refractivity contribution in [2.45, 2.75) is 57.4 Å². The molecule has 1 fully saturated rings. The Morgan fingerprint density at radius 3 is 2.38 bits per heavy atom. The summed E-state index contributed by atoms with van der Waals surface area (Å²) in [6.45, 7) is 8.57. The molecule has 1 aliphatic heterocycles. The monoisotopic (exact) mass is 478 g/mol. The predicted octanol–water partition coefficient (Wildman–Crippen LogP) is 4.43. The van der Waals surface area contributed by atoms with Gasteiger partial charge in [0.15, 0.2) is 6.61 Å². The largest absolute Gasteiger partial charge is 0.483 e. The van der Waals surface area contributed by atoms with E-state index in [2.05, 4.69) is 5.32 Å². The highest BCUT2D eigenvalue weighted by molar-refractivity contribution is 7.89. The van der Waals surface area contributed by atoms with Crippen LogP contribution in [-0.2, 0) is 14.8 Å². The molecule has 0 aliphatic carbocycles. The van der Waals surface area contributed by atoms with Gasteiger partial charge in [0.1, 0.15) is 5.75 Å². The quantitative estimate of drug-likeness (QED) is 0.638. The van der Waals surface area contributed by atoms with E-state index in [9.17, 15) is 13.2 Å². The number of nitrogens with one attached hydrogen (secondary N) is 1. The number of aryl methyl sites for hydroxylation is 2. The number of halogens is 1. The molecule has 1 heterocycles. The number of nitrogens with zero attached hydrogens (tertiary/aromatic N) is 1. The Balaban J connectivity index is 1.53. The lowest BCUT2D eigenvalue weighted by molar-refractivity contribution is -0.124. The van der Waals surface area contributed by atoms with Gasteiger partial charge in [0.25, 0.3) is 5.91 Å². The van der Waals surface area contributed by atoms with Gasteiger partial charge in [-0.1, -0.05) is 43.1 Å². The van der Waals surface area contributed by atoms with Gasteiger partial charge in [0.2, 0.25) is 10.0 Å². The number of ether oxygens (including phenoxy) is 1. The van der Waals surface area contributed by atoms with E-state index in [0.717, 1.165) is 16.7 Å². The van der Waals surface area contributed by atoms with E-state index >= 15 is 0 Å². The van der Waals surface area contributed by atoms with Crippen molar-refractivity contribution in [2.24, 2.45) is 0 Å². The van der Waals surface area contributed by atoms with Crippen molar-refractivity contribution in [1.29, 1.82) is 0 Å². The third-order valence-corrected chi connectivity index (χ3v) is 8.07. The van der Waals surface area contributed by atoms with Crippen LogP contribution in [0.15, 0.2) is 41.3 Å². The van der Waals surface area contributed by atoms with Gasteiger partial charge in [-0.05, 0) is 68.0 Å². The standard InChI is InChI=1S/C24H31ClN2O4S/c1-16(2)21-14-22(25)18(4)13-23(21)31-15-24(28)26-19-9-11-27(12-10-19)32(29,30)20-7-5-17(3)6-8-20/h5-8,13-14,16,19H,9-12,15H2,1-4H3,(H,26,28). The smallest absolute Gasteiger partial charge is 0.258 e. The highest BCUT2D eigenvalue weighted by atomic mass is 35.5. The lowest BCUT2D eigenvalue weighted by Crippen LogP contribution is -2.47.